The first-order valence-electron chi connectivity index (χ1n) is 4.49. The van der Waals surface area contributed by atoms with Gasteiger partial charge in [0.1, 0.15) is 5.82 Å². The van der Waals surface area contributed by atoms with Crippen molar-refractivity contribution in [3.8, 4) is 0 Å². The van der Waals surface area contributed by atoms with E-state index in [4.69, 9.17) is 0 Å². The number of aromatic nitrogens is 1. The Hall–Kier alpha value is -1.20. The predicted molar refractivity (Wildman–Crippen MR) is 63.7 cm³/mol. The number of carbonyl (C=O) groups is 1. The number of carbonyl (C=O) groups excluding carboxylic acids is 1. The zero-order chi connectivity index (χ0) is 11.5. The van der Waals surface area contributed by atoms with Crippen LogP contribution in [-0.4, -0.2) is 17.0 Å². The fraction of sp³-hybridized carbons (Fsp3) is 0.0909. The molecule has 1 aromatic heterocycles. The van der Waals surface area contributed by atoms with E-state index in [1.54, 1.807) is 17.6 Å². The van der Waals surface area contributed by atoms with E-state index in [-0.39, 0.29) is 5.78 Å². The number of hydrogen-bond acceptors (Lipinski definition) is 4. The van der Waals surface area contributed by atoms with Crippen molar-refractivity contribution in [2.75, 3.05) is 6.26 Å². The van der Waals surface area contributed by atoms with Crippen LogP contribution in [0.2, 0.25) is 0 Å². The number of benzene rings is 1. The molecule has 5 heteroatoms. The number of nitrogens with zero attached hydrogens (tertiary/aromatic N) is 1. The van der Waals surface area contributed by atoms with Gasteiger partial charge in [-0.05, 0) is 24.5 Å². The van der Waals surface area contributed by atoms with Crippen LogP contribution in [0.5, 0.6) is 0 Å². The van der Waals surface area contributed by atoms with Crippen molar-refractivity contribution >= 4 is 28.9 Å². The fourth-order valence-corrected chi connectivity index (χ4v) is 2.34. The average Bonchev–Trinajstić information content (AvgIpc) is 2.80. The highest BCUT2D eigenvalue weighted by Gasteiger charge is 2.13. The van der Waals surface area contributed by atoms with Crippen molar-refractivity contribution < 1.29 is 9.18 Å². The first kappa shape index (κ1) is 11.3. The van der Waals surface area contributed by atoms with Crippen LogP contribution in [-0.2, 0) is 0 Å². The average molecular weight is 253 g/mol. The lowest BCUT2D eigenvalue weighted by atomic mass is 10.1. The maximum absolute atomic E-state index is 13.2. The molecule has 0 radical (unpaired) electrons. The van der Waals surface area contributed by atoms with E-state index in [2.05, 4.69) is 4.98 Å². The van der Waals surface area contributed by atoms with E-state index >= 15 is 0 Å². The molecule has 0 N–H and O–H groups in total. The minimum atomic E-state index is -0.397. The third-order valence-corrected chi connectivity index (χ3v) is 3.47. The molecule has 0 bridgehead atoms. The van der Waals surface area contributed by atoms with Gasteiger partial charge in [-0.2, -0.15) is 0 Å². The number of ketones is 1. The molecule has 2 rings (SSSR count). The Morgan fingerprint density at radius 1 is 1.44 bits per heavy atom. The van der Waals surface area contributed by atoms with Gasteiger partial charge in [0, 0.05) is 22.0 Å². The molecule has 16 heavy (non-hydrogen) atoms. The van der Waals surface area contributed by atoms with Crippen LogP contribution in [0.25, 0.3) is 0 Å². The molecule has 0 unspecified atom stereocenters. The molecular weight excluding hydrogens is 245 g/mol. The summed E-state index contributed by atoms with van der Waals surface area (Å²) in [6.07, 6.45) is 3.40. The fourth-order valence-electron chi connectivity index (χ4n) is 1.27. The first-order valence-corrected chi connectivity index (χ1v) is 6.60. The zero-order valence-electron chi connectivity index (χ0n) is 8.44. The molecule has 2 aromatic rings. The number of thioether (sulfide) groups is 1. The third-order valence-electron chi connectivity index (χ3n) is 2.00. The van der Waals surface area contributed by atoms with Crippen LogP contribution in [0.1, 0.15) is 15.4 Å². The van der Waals surface area contributed by atoms with Gasteiger partial charge in [0.05, 0.1) is 0 Å². The van der Waals surface area contributed by atoms with Gasteiger partial charge in [-0.1, -0.05) is 0 Å². The van der Waals surface area contributed by atoms with Crippen LogP contribution < -0.4 is 0 Å². The largest absolute Gasteiger partial charge is 0.286 e. The first-order chi connectivity index (χ1) is 7.70. The number of rotatable bonds is 3. The summed E-state index contributed by atoms with van der Waals surface area (Å²) in [6, 6.07) is 4.32. The van der Waals surface area contributed by atoms with E-state index in [1.165, 1.54) is 35.2 Å². The molecular formula is C11H8FNOS2. The molecule has 0 fully saturated rings. The number of halogens is 1. The maximum atomic E-state index is 13.2. The van der Waals surface area contributed by atoms with Gasteiger partial charge in [-0.15, -0.1) is 23.1 Å². The van der Waals surface area contributed by atoms with E-state index in [1.807, 2.05) is 6.26 Å². The minimum absolute atomic E-state index is 0.232. The molecule has 1 aromatic carbocycles. The van der Waals surface area contributed by atoms with E-state index in [9.17, 15) is 9.18 Å². The minimum Gasteiger partial charge on any atom is -0.286 e. The van der Waals surface area contributed by atoms with Crippen molar-refractivity contribution in [3.63, 3.8) is 0 Å². The van der Waals surface area contributed by atoms with Crippen molar-refractivity contribution in [2.24, 2.45) is 0 Å². The maximum Gasteiger partial charge on any atom is 0.221 e. The Balaban J connectivity index is 2.40. The highest BCUT2D eigenvalue weighted by Crippen LogP contribution is 2.21. The van der Waals surface area contributed by atoms with Gasteiger partial charge in [-0.25, -0.2) is 9.37 Å². The van der Waals surface area contributed by atoms with Crippen molar-refractivity contribution in [3.05, 3.63) is 46.2 Å². The van der Waals surface area contributed by atoms with Gasteiger partial charge >= 0.3 is 0 Å². The molecule has 0 atom stereocenters. The molecule has 0 amide bonds. The topological polar surface area (TPSA) is 30.0 Å². The predicted octanol–water partition coefficient (Wildman–Crippen LogP) is 3.24. The monoisotopic (exact) mass is 253 g/mol. The second-order valence-electron chi connectivity index (χ2n) is 3.05. The van der Waals surface area contributed by atoms with Gasteiger partial charge in [0.15, 0.2) is 5.01 Å². The highest BCUT2D eigenvalue weighted by molar-refractivity contribution is 7.98. The SMILES string of the molecule is CSc1cc(F)cc(C(=O)c2nccs2)c1. The second-order valence-corrected chi connectivity index (χ2v) is 4.82. The summed E-state index contributed by atoms with van der Waals surface area (Å²) in [7, 11) is 0. The Kier molecular flexibility index (Phi) is 3.36. The van der Waals surface area contributed by atoms with Gasteiger partial charge in [-0.3, -0.25) is 4.79 Å². The van der Waals surface area contributed by atoms with Gasteiger partial charge in [0.2, 0.25) is 5.78 Å². The molecule has 2 nitrogen and oxygen atoms in total. The summed E-state index contributed by atoms with van der Waals surface area (Å²) >= 11 is 2.66. The van der Waals surface area contributed by atoms with Crippen LogP contribution in [0.4, 0.5) is 4.39 Å². The normalized spacial score (nSPS) is 10.4. The molecule has 0 aliphatic rings. The quantitative estimate of drug-likeness (QED) is 0.621. The summed E-state index contributed by atoms with van der Waals surface area (Å²) in [6.45, 7) is 0. The van der Waals surface area contributed by atoms with Crippen LogP contribution in [0.3, 0.4) is 0 Å². The highest BCUT2D eigenvalue weighted by atomic mass is 32.2. The van der Waals surface area contributed by atoms with E-state index < -0.39 is 5.82 Å². The Labute approximate surface area is 101 Å². The standard InChI is InChI=1S/C11H8FNOS2/c1-15-9-5-7(4-8(12)6-9)10(14)11-13-2-3-16-11/h2-6H,1H3. The number of thiazole rings is 1. The van der Waals surface area contributed by atoms with Crippen molar-refractivity contribution in [1.82, 2.24) is 4.98 Å². The molecule has 0 saturated heterocycles. The van der Waals surface area contributed by atoms with Gasteiger partial charge in [0.25, 0.3) is 0 Å². The van der Waals surface area contributed by atoms with Crippen molar-refractivity contribution in [2.45, 2.75) is 4.90 Å². The summed E-state index contributed by atoms with van der Waals surface area (Å²) in [5.41, 5.74) is 0.347. The molecule has 82 valence electrons. The lowest BCUT2D eigenvalue weighted by molar-refractivity contribution is 0.103. The summed E-state index contributed by atoms with van der Waals surface area (Å²) < 4.78 is 13.2. The molecule has 0 saturated carbocycles. The lowest BCUT2D eigenvalue weighted by Gasteiger charge is -2.01. The Morgan fingerprint density at radius 2 is 2.25 bits per heavy atom. The van der Waals surface area contributed by atoms with Crippen LogP contribution in [0, 0.1) is 5.82 Å². The van der Waals surface area contributed by atoms with E-state index in [0.717, 1.165) is 4.90 Å². The molecule has 0 aliphatic heterocycles. The van der Waals surface area contributed by atoms with Crippen LogP contribution in [0.15, 0.2) is 34.7 Å². The van der Waals surface area contributed by atoms with Gasteiger partial charge < -0.3 is 0 Å². The Morgan fingerprint density at radius 3 is 2.88 bits per heavy atom. The summed E-state index contributed by atoms with van der Waals surface area (Å²) in [5, 5.41) is 2.11. The zero-order valence-corrected chi connectivity index (χ0v) is 10.1. The smallest absolute Gasteiger partial charge is 0.221 e. The third kappa shape index (κ3) is 2.31. The summed E-state index contributed by atoms with van der Waals surface area (Å²) in [4.78, 5) is 16.6. The lowest BCUT2D eigenvalue weighted by Crippen LogP contribution is -2.01. The molecule has 1 heterocycles. The molecule has 0 spiro atoms. The molecule has 0 aliphatic carbocycles. The number of hydrogen-bond donors (Lipinski definition) is 0. The van der Waals surface area contributed by atoms with E-state index in [0.29, 0.717) is 10.6 Å². The van der Waals surface area contributed by atoms with Crippen LogP contribution >= 0.6 is 23.1 Å². The Bertz CT molecular complexity index is 511. The second kappa shape index (κ2) is 4.76. The van der Waals surface area contributed by atoms with Crippen molar-refractivity contribution in [1.29, 1.82) is 0 Å². The summed E-state index contributed by atoms with van der Waals surface area (Å²) in [5.74, 6) is -0.628.